The van der Waals surface area contributed by atoms with Gasteiger partial charge in [0.05, 0.1) is 17.6 Å². The van der Waals surface area contributed by atoms with E-state index in [4.69, 9.17) is 0 Å². The van der Waals surface area contributed by atoms with Crippen LogP contribution in [0.3, 0.4) is 0 Å². The maximum Gasteiger partial charge on any atom is 0.214 e. The zero-order valence-corrected chi connectivity index (χ0v) is 15.9. The molecule has 0 aromatic carbocycles. The lowest BCUT2D eigenvalue weighted by molar-refractivity contribution is 0.473. The van der Waals surface area contributed by atoms with Crippen molar-refractivity contribution in [2.45, 2.75) is 25.8 Å². The van der Waals surface area contributed by atoms with Gasteiger partial charge in [0, 0.05) is 37.1 Å². The lowest BCUT2D eigenvalue weighted by Gasteiger charge is -2.18. The van der Waals surface area contributed by atoms with Crippen LogP contribution in [0.5, 0.6) is 0 Å². The summed E-state index contributed by atoms with van der Waals surface area (Å²) < 4.78 is 26.1. The lowest BCUT2D eigenvalue weighted by Crippen LogP contribution is -2.33. The number of nitrogens with zero attached hydrogens (tertiary/aromatic N) is 4. The molecule has 0 aliphatic carbocycles. The number of anilines is 1. The Bertz CT molecular complexity index is 1050. The molecule has 1 fully saturated rings. The SMILES string of the molecule is CCCS(=O)(=O)N1CC[C@@H](Nc2ncccc2-c2cnc3[nH]ccc3n2)C1. The van der Waals surface area contributed by atoms with E-state index < -0.39 is 10.0 Å². The number of fused-ring (bicyclic) bond motifs is 1. The summed E-state index contributed by atoms with van der Waals surface area (Å²) in [4.78, 5) is 16.5. The van der Waals surface area contributed by atoms with E-state index in [1.807, 2.05) is 25.1 Å². The van der Waals surface area contributed by atoms with Crippen molar-refractivity contribution in [1.29, 1.82) is 0 Å². The second-order valence-electron chi connectivity index (χ2n) is 6.67. The standard InChI is InChI=1S/C18H22N6O2S/c1-2-10-27(25,26)24-9-6-13(12-24)22-17-14(4-3-7-19-17)16-11-21-18-15(23-16)5-8-20-18/h3-5,7-8,11,13H,2,6,9-10,12H2,1H3,(H,19,22)(H,20,21)/t13-/m1/s1. The lowest BCUT2D eigenvalue weighted by atomic mass is 10.1. The van der Waals surface area contributed by atoms with Crippen molar-refractivity contribution in [2.24, 2.45) is 0 Å². The summed E-state index contributed by atoms with van der Waals surface area (Å²) in [6, 6.07) is 5.70. The van der Waals surface area contributed by atoms with Gasteiger partial charge in [-0.2, -0.15) is 4.31 Å². The van der Waals surface area contributed by atoms with E-state index in [9.17, 15) is 8.42 Å². The highest BCUT2D eigenvalue weighted by molar-refractivity contribution is 7.89. The van der Waals surface area contributed by atoms with Crippen molar-refractivity contribution in [3.05, 3.63) is 36.8 Å². The minimum absolute atomic E-state index is 0.0224. The van der Waals surface area contributed by atoms with Gasteiger partial charge >= 0.3 is 0 Å². The number of aromatic amines is 1. The third kappa shape index (κ3) is 3.65. The van der Waals surface area contributed by atoms with Crippen LogP contribution in [0.15, 0.2) is 36.8 Å². The fraction of sp³-hybridized carbons (Fsp3) is 0.389. The normalized spacial score (nSPS) is 18.2. The molecule has 9 heteroatoms. The molecule has 1 saturated heterocycles. The summed E-state index contributed by atoms with van der Waals surface area (Å²) in [5.41, 5.74) is 3.11. The summed E-state index contributed by atoms with van der Waals surface area (Å²) in [6.45, 7) is 2.88. The number of nitrogens with one attached hydrogen (secondary N) is 2. The first kappa shape index (κ1) is 17.9. The number of H-pyrrole nitrogens is 1. The van der Waals surface area contributed by atoms with Gasteiger partial charge in [-0.15, -0.1) is 0 Å². The summed E-state index contributed by atoms with van der Waals surface area (Å²) in [5, 5.41) is 3.40. The molecule has 3 aromatic heterocycles. The van der Waals surface area contributed by atoms with E-state index in [-0.39, 0.29) is 11.8 Å². The second kappa shape index (κ2) is 7.24. The van der Waals surface area contributed by atoms with Crippen LogP contribution in [0.4, 0.5) is 5.82 Å². The molecule has 0 radical (unpaired) electrons. The average molecular weight is 386 g/mol. The average Bonchev–Trinajstić information content (AvgIpc) is 3.31. The van der Waals surface area contributed by atoms with Crippen LogP contribution in [-0.2, 0) is 10.0 Å². The van der Waals surface area contributed by atoms with Gasteiger partial charge in [-0.05, 0) is 31.0 Å². The third-order valence-corrected chi connectivity index (χ3v) is 6.73. The van der Waals surface area contributed by atoms with Crippen molar-refractivity contribution in [3.63, 3.8) is 0 Å². The maximum absolute atomic E-state index is 12.3. The quantitative estimate of drug-likeness (QED) is 0.673. The van der Waals surface area contributed by atoms with E-state index in [2.05, 4.69) is 25.3 Å². The largest absolute Gasteiger partial charge is 0.365 e. The summed E-state index contributed by atoms with van der Waals surface area (Å²) in [5.74, 6) is 0.891. The van der Waals surface area contributed by atoms with Crippen LogP contribution in [0.25, 0.3) is 22.4 Å². The van der Waals surface area contributed by atoms with Gasteiger partial charge < -0.3 is 10.3 Å². The minimum atomic E-state index is -3.17. The summed E-state index contributed by atoms with van der Waals surface area (Å²) in [6.07, 6.45) is 6.62. The van der Waals surface area contributed by atoms with Crippen LogP contribution >= 0.6 is 0 Å². The van der Waals surface area contributed by atoms with Crippen LogP contribution in [0.2, 0.25) is 0 Å². The van der Waals surface area contributed by atoms with Crippen LogP contribution in [-0.4, -0.2) is 57.5 Å². The van der Waals surface area contributed by atoms with Crippen molar-refractivity contribution < 1.29 is 8.42 Å². The number of rotatable bonds is 6. The Kier molecular flexibility index (Phi) is 4.79. The van der Waals surface area contributed by atoms with Crippen LogP contribution in [0.1, 0.15) is 19.8 Å². The fourth-order valence-corrected chi connectivity index (χ4v) is 4.93. The first-order valence-electron chi connectivity index (χ1n) is 9.06. The monoisotopic (exact) mass is 386 g/mol. The topological polar surface area (TPSA) is 104 Å². The number of sulfonamides is 1. The molecule has 2 N–H and O–H groups in total. The molecule has 142 valence electrons. The van der Waals surface area contributed by atoms with Gasteiger partial charge in [-0.25, -0.2) is 23.4 Å². The molecule has 4 rings (SSSR count). The molecule has 0 amide bonds. The van der Waals surface area contributed by atoms with E-state index in [1.165, 1.54) is 0 Å². The van der Waals surface area contributed by atoms with Crippen LogP contribution < -0.4 is 5.32 Å². The van der Waals surface area contributed by atoms with Crippen LogP contribution in [0, 0.1) is 0 Å². The van der Waals surface area contributed by atoms with Crippen molar-refractivity contribution in [1.82, 2.24) is 24.2 Å². The number of hydrogen-bond donors (Lipinski definition) is 2. The van der Waals surface area contributed by atoms with E-state index in [1.54, 1.807) is 22.9 Å². The van der Waals surface area contributed by atoms with E-state index in [0.29, 0.717) is 25.3 Å². The molecule has 0 unspecified atom stereocenters. The molecule has 1 aliphatic heterocycles. The Morgan fingerprint density at radius 1 is 1.33 bits per heavy atom. The molecule has 8 nitrogen and oxygen atoms in total. The molecular weight excluding hydrogens is 364 g/mol. The van der Waals surface area contributed by atoms with Gasteiger partial charge in [-0.3, -0.25) is 0 Å². The minimum Gasteiger partial charge on any atom is -0.365 e. The predicted octanol–water partition coefficient (Wildman–Crippen LogP) is 2.25. The number of aromatic nitrogens is 4. The van der Waals surface area contributed by atoms with Gasteiger partial charge in [0.25, 0.3) is 0 Å². The first-order valence-corrected chi connectivity index (χ1v) is 10.7. The maximum atomic E-state index is 12.3. The summed E-state index contributed by atoms with van der Waals surface area (Å²) in [7, 11) is -3.17. The Morgan fingerprint density at radius 3 is 3.07 bits per heavy atom. The van der Waals surface area contributed by atoms with Gasteiger partial charge in [0.15, 0.2) is 5.65 Å². The molecule has 0 saturated carbocycles. The van der Waals surface area contributed by atoms with Crippen molar-refractivity contribution in [3.8, 4) is 11.3 Å². The fourth-order valence-electron chi connectivity index (χ4n) is 3.37. The van der Waals surface area contributed by atoms with Crippen molar-refractivity contribution >= 4 is 27.0 Å². The predicted molar refractivity (Wildman–Crippen MR) is 105 cm³/mol. The second-order valence-corrected chi connectivity index (χ2v) is 8.76. The number of hydrogen-bond acceptors (Lipinski definition) is 6. The highest BCUT2D eigenvalue weighted by Gasteiger charge is 2.31. The van der Waals surface area contributed by atoms with Crippen molar-refractivity contribution in [2.75, 3.05) is 24.2 Å². The summed E-state index contributed by atoms with van der Waals surface area (Å²) >= 11 is 0. The molecule has 0 spiro atoms. The molecular formula is C18H22N6O2S. The van der Waals surface area contributed by atoms with Gasteiger partial charge in [0.1, 0.15) is 11.3 Å². The van der Waals surface area contributed by atoms with Gasteiger partial charge in [0.2, 0.25) is 10.0 Å². The van der Waals surface area contributed by atoms with Gasteiger partial charge in [-0.1, -0.05) is 6.92 Å². The molecule has 1 aliphatic rings. The zero-order valence-electron chi connectivity index (χ0n) is 15.1. The molecule has 0 bridgehead atoms. The smallest absolute Gasteiger partial charge is 0.214 e. The third-order valence-electron chi connectivity index (χ3n) is 4.69. The Hall–Kier alpha value is -2.52. The van der Waals surface area contributed by atoms with E-state index in [0.717, 1.165) is 28.8 Å². The number of pyridine rings is 1. The highest BCUT2D eigenvalue weighted by Crippen LogP contribution is 2.27. The first-order chi connectivity index (χ1) is 13.1. The van der Waals surface area contributed by atoms with E-state index >= 15 is 0 Å². The highest BCUT2D eigenvalue weighted by atomic mass is 32.2. The Balaban J connectivity index is 1.55. The Morgan fingerprint density at radius 2 is 2.22 bits per heavy atom. The zero-order chi connectivity index (χ0) is 18.9. The Labute approximate surface area is 158 Å². The molecule has 1 atom stereocenters. The molecule has 3 aromatic rings. The molecule has 4 heterocycles. The molecule has 27 heavy (non-hydrogen) atoms.